The lowest BCUT2D eigenvalue weighted by Gasteiger charge is -2.21. The zero-order valence-electron chi connectivity index (χ0n) is 18.1. The molecule has 0 spiro atoms. The van der Waals surface area contributed by atoms with Crippen molar-refractivity contribution in [1.29, 1.82) is 0 Å². The molecule has 2 amide bonds. The van der Waals surface area contributed by atoms with Crippen molar-refractivity contribution in [3.05, 3.63) is 59.7 Å². The van der Waals surface area contributed by atoms with Gasteiger partial charge in [0.15, 0.2) is 6.10 Å². The van der Waals surface area contributed by atoms with Gasteiger partial charge in [-0.2, -0.15) is 0 Å². The van der Waals surface area contributed by atoms with E-state index in [4.69, 9.17) is 4.74 Å². The Morgan fingerprint density at radius 1 is 1.00 bits per heavy atom. The van der Waals surface area contributed by atoms with Gasteiger partial charge in [0.1, 0.15) is 5.75 Å². The van der Waals surface area contributed by atoms with Gasteiger partial charge in [0.05, 0.1) is 6.42 Å². The molecule has 29 heavy (non-hydrogen) atoms. The molecule has 156 valence electrons. The third-order valence-corrected chi connectivity index (χ3v) is 5.07. The van der Waals surface area contributed by atoms with E-state index in [0.717, 1.165) is 23.3 Å². The lowest BCUT2D eigenvalue weighted by atomic mass is 9.98. The predicted molar refractivity (Wildman–Crippen MR) is 117 cm³/mol. The summed E-state index contributed by atoms with van der Waals surface area (Å²) in [7, 11) is 3.47. The van der Waals surface area contributed by atoms with Crippen molar-refractivity contribution >= 4 is 17.5 Å². The van der Waals surface area contributed by atoms with Crippen LogP contribution in [0.4, 0.5) is 5.69 Å². The molecule has 0 saturated carbocycles. The van der Waals surface area contributed by atoms with Gasteiger partial charge in [-0.25, -0.2) is 0 Å². The van der Waals surface area contributed by atoms with Crippen LogP contribution in [0.15, 0.2) is 48.5 Å². The standard InChI is InChI=1S/C24H32N2O3/c1-6-17(3)20-10-8-9-11-22(20)29-21(7-2)24(28)25-19-14-12-18(13-15-19)16-23(27)26(4)5/h8-15,17,21H,6-7,16H2,1-5H3,(H,25,28). The number of nitrogens with one attached hydrogen (secondary N) is 1. The summed E-state index contributed by atoms with van der Waals surface area (Å²) in [5, 5.41) is 2.92. The minimum Gasteiger partial charge on any atom is -0.480 e. The van der Waals surface area contributed by atoms with E-state index in [1.54, 1.807) is 19.0 Å². The number of ether oxygens (including phenoxy) is 1. The van der Waals surface area contributed by atoms with Crippen molar-refractivity contribution in [2.75, 3.05) is 19.4 Å². The Morgan fingerprint density at radius 2 is 1.66 bits per heavy atom. The van der Waals surface area contributed by atoms with E-state index in [-0.39, 0.29) is 11.8 Å². The molecule has 5 nitrogen and oxygen atoms in total. The lowest BCUT2D eigenvalue weighted by molar-refractivity contribution is -0.128. The number of benzene rings is 2. The number of para-hydroxylation sites is 1. The molecule has 5 heteroatoms. The molecule has 2 rings (SSSR count). The van der Waals surface area contributed by atoms with E-state index in [2.05, 4.69) is 25.2 Å². The fraction of sp³-hybridized carbons (Fsp3) is 0.417. The van der Waals surface area contributed by atoms with Crippen molar-refractivity contribution < 1.29 is 14.3 Å². The Bertz CT molecular complexity index is 815. The second-order valence-corrected chi connectivity index (χ2v) is 7.51. The van der Waals surface area contributed by atoms with Crippen molar-refractivity contribution in [1.82, 2.24) is 4.90 Å². The molecule has 0 saturated heterocycles. The Morgan fingerprint density at radius 3 is 2.24 bits per heavy atom. The van der Waals surface area contributed by atoms with Crippen LogP contribution < -0.4 is 10.1 Å². The van der Waals surface area contributed by atoms with Gasteiger partial charge in [-0.05, 0) is 48.1 Å². The number of nitrogens with zero attached hydrogens (tertiary/aromatic N) is 1. The summed E-state index contributed by atoms with van der Waals surface area (Å²) >= 11 is 0. The van der Waals surface area contributed by atoms with Gasteiger partial charge >= 0.3 is 0 Å². The summed E-state index contributed by atoms with van der Waals surface area (Å²) in [6.07, 6.45) is 1.34. The second-order valence-electron chi connectivity index (χ2n) is 7.51. The second kappa shape index (κ2) is 10.6. The number of rotatable bonds is 9. The van der Waals surface area contributed by atoms with Gasteiger partial charge in [-0.15, -0.1) is 0 Å². The largest absolute Gasteiger partial charge is 0.480 e. The highest BCUT2D eigenvalue weighted by Gasteiger charge is 2.21. The zero-order chi connectivity index (χ0) is 21.4. The maximum absolute atomic E-state index is 12.8. The van der Waals surface area contributed by atoms with Gasteiger partial charge in [0, 0.05) is 19.8 Å². The number of carbonyl (C=O) groups is 2. The third kappa shape index (κ3) is 6.34. The highest BCUT2D eigenvalue weighted by atomic mass is 16.5. The topological polar surface area (TPSA) is 58.6 Å². The maximum Gasteiger partial charge on any atom is 0.265 e. The number of amides is 2. The smallest absolute Gasteiger partial charge is 0.265 e. The van der Waals surface area contributed by atoms with E-state index >= 15 is 0 Å². The molecular formula is C24H32N2O3. The first-order chi connectivity index (χ1) is 13.8. The fourth-order valence-corrected chi connectivity index (χ4v) is 2.95. The van der Waals surface area contributed by atoms with Gasteiger partial charge in [-0.1, -0.05) is 51.1 Å². The molecule has 0 aliphatic carbocycles. The first-order valence-electron chi connectivity index (χ1n) is 10.2. The molecule has 0 heterocycles. The molecule has 0 fully saturated rings. The summed E-state index contributed by atoms with van der Waals surface area (Å²) in [6, 6.07) is 15.3. The summed E-state index contributed by atoms with van der Waals surface area (Å²) in [5.74, 6) is 0.996. The molecule has 0 aromatic heterocycles. The summed E-state index contributed by atoms with van der Waals surface area (Å²) in [5.41, 5.74) is 2.72. The van der Waals surface area contributed by atoms with Crippen LogP contribution in [0.3, 0.4) is 0 Å². The van der Waals surface area contributed by atoms with Crippen molar-refractivity contribution in [3.8, 4) is 5.75 Å². The van der Waals surface area contributed by atoms with Crippen LogP contribution in [0, 0.1) is 0 Å². The molecule has 2 unspecified atom stereocenters. The highest BCUT2D eigenvalue weighted by Crippen LogP contribution is 2.29. The first kappa shape index (κ1) is 22.5. The molecule has 2 aromatic rings. The molecule has 0 aliphatic heterocycles. The number of likely N-dealkylation sites (N-methyl/N-ethyl adjacent to an activating group) is 1. The summed E-state index contributed by atoms with van der Waals surface area (Å²) in [4.78, 5) is 26.1. The number of anilines is 1. The summed E-state index contributed by atoms with van der Waals surface area (Å²) < 4.78 is 6.09. The van der Waals surface area contributed by atoms with E-state index in [1.807, 2.05) is 49.4 Å². The Labute approximate surface area is 174 Å². The SMILES string of the molecule is CCC(Oc1ccccc1C(C)CC)C(=O)Nc1ccc(CC(=O)N(C)C)cc1. The minimum atomic E-state index is -0.574. The Balaban J connectivity index is 2.04. The minimum absolute atomic E-state index is 0.0428. The molecule has 0 bridgehead atoms. The van der Waals surface area contributed by atoms with Crippen molar-refractivity contribution in [2.24, 2.45) is 0 Å². The highest BCUT2D eigenvalue weighted by molar-refractivity contribution is 5.94. The van der Waals surface area contributed by atoms with E-state index < -0.39 is 6.10 Å². The number of hydrogen-bond acceptors (Lipinski definition) is 3. The van der Waals surface area contributed by atoms with Crippen LogP contribution in [0.5, 0.6) is 5.75 Å². The average molecular weight is 397 g/mol. The zero-order valence-corrected chi connectivity index (χ0v) is 18.1. The Hall–Kier alpha value is -2.82. The van der Waals surface area contributed by atoms with Gasteiger partial charge in [0.25, 0.3) is 5.91 Å². The van der Waals surface area contributed by atoms with E-state index in [1.165, 1.54) is 0 Å². The molecule has 2 atom stereocenters. The van der Waals surface area contributed by atoms with Crippen LogP contribution in [-0.2, 0) is 16.0 Å². The van der Waals surface area contributed by atoms with Gasteiger partial charge in [-0.3, -0.25) is 9.59 Å². The van der Waals surface area contributed by atoms with Crippen molar-refractivity contribution in [2.45, 2.75) is 52.1 Å². The molecule has 1 N–H and O–H groups in total. The normalized spacial score (nSPS) is 12.7. The van der Waals surface area contributed by atoms with Crippen LogP contribution in [-0.4, -0.2) is 36.9 Å². The fourth-order valence-electron chi connectivity index (χ4n) is 2.95. The van der Waals surface area contributed by atoms with E-state index in [9.17, 15) is 9.59 Å². The third-order valence-electron chi connectivity index (χ3n) is 5.07. The molecule has 2 aromatic carbocycles. The molecule has 0 radical (unpaired) electrons. The van der Waals surface area contributed by atoms with Crippen LogP contribution in [0.1, 0.15) is 50.7 Å². The predicted octanol–water partition coefficient (Wildman–Crippen LogP) is 4.63. The van der Waals surface area contributed by atoms with Crippen LogP contribution >= 0.6 is 0 Å². The van der Waals surface area contributed by atoms with Gasteiger partial charge < -0.3 is 15.0 Å². The average Bonchev–Trinajstić information content (AvgIpc) is 2.72. The molecule has 0 aliphatic rings. The van der Waals surface area contributed by atoms with Gasteiger partial charge in [0.2, 0.25) is 5.91 Å². The van der Waals surface area contributed by atoms with Crippen LogP contribution in [0.2, 0.25) is 0 Å². The lowest BCUT2D eigenvalue weighted by Crippen LogP contribution is -2.32. The monoisotopic (exact) mass is 396 g/mol. The molecular weight excluding hydrogens is 364 g/mol. The first-order valence-corrected chi connectivity index (χ1v) is 10.2. The number of carbonyl (C=O) groups excluding carboxylic acids is 2. The Kier molecular flexibility index (Phi) is 8.25. The van der Waals surface area contributed by atoms with Crippen LogP contribution in [0.25, 0.3) is 0 Å². The maximum atomic E-state index is 12.8. The quantitative estimate of drug-likeness (QED) is 0.672. The van der Waals surface area contributed by atoms with E-state index in [0.29, 0.717) is 24.4 Å². The van der Waals surface area contributed by atoms with Crippen molar-refractivity contribution in [3.63, 3.8) is 0 Å². The number of hydrogen-bond donors (Lipinski definition) is 1. The summed E-state index contributed by atoms with van der Waals surface area (Å²) in [6.45, 7) is 6.24.